The van der Waals surface area contributed by atoms with Crippen molar-refractivity contribution >= 4 is 6.09 Å². The number of aromatic nitrogens is 1. The van der Waals surface area contributed by atoms with Gasteiger partial charge in [0.1, 0.15) is 5.60 Å². The number of carbonyl (C=O) groups is 1. The third-order valence-corrected chi connectivity index (χ3v) is 2.61. The zero-order valence-corrected chi connectivity index (χ0v) is 12.4. The van der Waals surface area contributed by atoms with Gasteiger partial charge in [0.15, 0.2) is 0 Å². The quantitative estimate of drug-likeness (QED) is 0.838. The molecule has 1 aromatic heterocycles. The van der Waals surface area contributed by atoms with E-state index >= 15 is 0 Å². The molecule has 20 heavy (non-hydrogen) atoms. The fourth-order valence-electron chi connectivity index (χ4n) is 1.81. The van der Waals surface area contributed by atoms with Crippen molar-refractivity contribution in [2.45, 2.75) is 51.7 Å². The van der Waals surface area contributed by atoms with E-state index in [0.717, 1.165) is 5.69 Å². The van der Waals surface area contributed by atoms with Crippen molar-refractivity contribution in [3.8, 4) is 0 Å². The Morgan fingerprint density at radius 3 is 2.75 bits per heavy atom. The standard InChI is InChI=1S/C15H24N2O3/c1-15(2,3)20-14(19)17-13(8-6-10-18)11-12-7-4-5-9-16-12/h4-5,7,9,13,18H,6,8,10-11H2,1-3H3,(H,17,19)/t13-/m0/s1. The molecule has 0 aromatic carbocycles. The second-order valence-corrected chi connectivity index (χ2v) is 5.73. The summed E-state index contributed by atoms with van der Waals surface area (Å²) in [6, 6.07) is 5.60. The van der Waals surface area contributed by atoms with Gasteiger partial charge in [-0.25, -0.2) is 4.79 Å². The van der Waals surface area contributed by atoms with Crippen LogP contribution in [-0.2, 0) is 11.2 Å². The summed E-state index contributed by atoms with van der Waals surface area (Å²) in [6.45, 7) is 5.59. The second kappa shape index (κ2) is 7.85. The van der Waals surface area contributed by atoms with Gasteiger partial charge in [0.25, 0.3) is 0 Å². The van der Waals surface area contributed by atoms with Crippen LogP contribution < -0.4 is 5.32 Å². The van der Waals surface area contributed by atoms with E-state index in [1.54, 1.807) is 6.20 Å². The van der Waals surface area contributed by atoms with Crippen LogP contribution in [0, 0.1) is 0 Å². The van der Waals surface area contributed by atoms with Gasteiger partial charge in [-0.1, -0.05) is 6.07 Å². The van der Waals surface area contributed by atoms with Crippen LogP contribution in [-0.4, -0.2) is 34.4 Å². The highest BCUT2D eigenvalue weighted by atomic mass is 16.6. The Balaban J connectivity index is 2.57. The SMILES string of the molecule is CC(C)(C)OC(=O)N[C@@H](CCCO)Cc1ccccn1. The number of hydrogen-bond acceptors (Lipinski definition) is 4. The van der Waals surface area contributed by atoms with Gasteiger partial charge >= 0.3 is 6.09 Å². The highest BCUT2D eigenvalue weighted by Crippen LogP contribution is 2.09. The molecule has 0 aliphatic rings. The van der Waals surface area contributed by atoms with Gasteiger partial charge in [0.2, 0.25) is 0 Å². The summed E-state index contributed by atoms with van der Waals surface area (Å²) in [7, 11) is 0. The third kappa shape index (κ3) is 7.09. The summed E-state index contributed by atoms with van der Waals surface area (Å²) in [6.07, 6.45) is 3.24. The summed E-state index contributed by atoms with van der Waals surface area (Å²) in [5.74, 6) is 0. The lowest BCUT2D eigenvalue weighted by Gasteiger charge is -2.23. The molecule has 0 bridgehead atoms. The molecular weight excluding hydrogens is 256 g/mol. The number of aliphatic hydroxyl groups excluding tert-OH is 1. The Hall–Kier alpha value is -1.62. The van der Waals surface area contributed by atoms with E-state index in [4.69, 9.17) is 9.84 Å². The van der Waals surface area contributed by atoms with Gasteiger partial charge in [0.05, 0.1) is 0 Å². The first kappa shape index (κ1) is 16.4. The van der Waals surface area contributed by atoms with Crippen LogP contribution in [0.4, 0.5) is 4.79 Å². The Kier molecular flexibility index (Phi) is 6.45. The minimum absolute atomic E-state index is 0.0908. The van der Waals surface area contributed by atoms with Gasteiger partial charge in [0, 0.05) is 31.0 Å². The molecule has 1 rings (SSSR count). The number of carbonyl (C=O) groups excluding carboxylic acids is 1. The summed E-state index contributed by atoms with van der Waals surface area (Å²) in [4.78, 5) is 16.1. The molecule has 0 fully saturated rings. The van der Waals surface area contributed by atoms with E-state index in [-0.39, 0.29) is 12.6 Å². The molecule has 0 saturated heterocycles. The number of rotatable bonds is 6. The molecule has 0 aliphatic carbocycles. The lowest BCUT2D eigenvalue weighted by molar-refractivity contribution is 0.0499. The molecule has 0 radical (unpaired) electrons. The fourth-order valence-corrected chi connectivity index (χ4v) is 1.81. The molecule has 5 nitrogen and oxygen atoms in total. The maximum Gasteiger partial charge on any atom is 0.407 e. The van der Waals surface area contributed by atoms with Crippen molar-refractivity contribution in [1.82, 2.24) is 10.3 Å². The monoisotopic (exact) mass is 280 g/mol. The van der Waals surface area contributed by atoms with Crippen molar-refractivity contribution < 1.29 is 14.6 Å². The van der Waals surface area contributed by atoms with Crippen LogP contribution in [0.3, 0.4) is 0 Å². The van der Waals surface area contributed by atoms with Gasteiger partial charge in [-0.15, -0.1) is 0 Å². The Morgan fingerprint density at radius 1 is 1.45 bits per heavy atom. The van der Waals surface area contributed by atoms with E-state index in [0.29, 0.717) is 19.3 Å². The zero-order chi connectivity index (χ0) is 15.0. The molecule has 1 atom stereocenters. The van der Waals surface area contributed by atoms with E-state index in [9.17, 15) is 4.79 Å². The van der Waals surface area contributed by atoms with Crippen molar-refractivity contribution in [1.29, 1.82) is 0 Å². The second-order valence-electron chi connectivity index (χ2n) is 5.73. The van der Waals surface area contributed by atoms with Crippen molar-refractivity contribution in [3.05, 3.63) is 30.1 Å². The highest BCUT2D eigenvalue weighted by molar-refractivity contribution is 5.68. The zero-order valence-electron chi connectivity index (χ0n) is 12.4. The number of ether oxygens (including phenoxy) is 1. The van der Waals surface area contributed by atoms with Gasteiger partial charge < -0.3 is 15.2 Å². The number of hydrogen-bond donors (Lipinski definition) is 2. The average molecular weight is 280 g/mol. The summed E-state index contributed by atoms with van der Waals surface area (Å²) in [5.41, 5.74) is 0.392. The maximum absolute atomic E-state index is 11.8. The van der Waals surface area contributed by atoms with E-state index < -0.39 is 11.7 Å². The molecule has 112 valence electrons. The van der Waals surface area contributed by atoms with E-state index in [1.165, 1.54) is 0 Å². The number of nitrogens with one attached hydrogen (secondary N) is 1. The van der Waals surface area contributed by atoms with Crippen LogP contribution in [0.25, 0.3) is 0 Å². The Bertz CT molecular complexity index is 401. The molecule has 0 aliphatic heterocycles. The number of aliphatic hydroxyl groups is 1. The molecular formula is C15H24N2O3. The van der Waals surface area contributed by atoms with Gasteiger partial charge in [-0.3, -0.25) is 4.98 Å². The van der Waals surface area contributed by atoms with E-state index in [2.05, 4.69) is 10.3 Å². The Morgan fingerprint density at radius 2 is 2.20 bits per heavy atom. The smallest absolute Gasteiger partial charge is 0.407 e. The minimum Gasteiger partial charge on any atom is -0.444 e. The lowest BCUT2D eigenvalue weighted by Crippen LogP contribution is -2.40. The summed E-state index contributed by atoms with van der Waals surface area (Å²) >= 11 is 0. The molecule has 0 unspecified atom stereocenters. The van der Waals surface area contributed by atoms with Crippen molar-refractivity contribution in [2.24, 2.45) is 0 Å². The Labute approximate surface area is 120 Å². The lowest BCUT2D eigenvalue weighted by atomic mass is 10.1. The van der Waals surface area contributed by atoms with E-state index in [1.807, 2.05) is 39.0 Å². The predicted molar refractivity (Wildman–Crippen MR) is 77.4 cm³/mol. The first-order valence-corrected chi connectivity index (χ1v) is 6.91. The topological polar surface area (TPSA) is 71.5 Å². The van der Waals surface area contributed by atoms with Gasteiger partial charge in [-0.05, 0) is 45.7 Å². The largest absolute Gasteiger partial charge is 0.444 e. The normalized spacial score (nSPS) is 12.8. The van der Waals surface area contributed by atoms with Crippen LogP contribution in [0.2, 0.25) is 0 Å². The number of alkyl carbamates (subject to hydrolysis) is 1. The van der Waals surface area contributed by atoms with Crippen LogP contribution in [0.15, 0.2) is 24.4 Å². The van der Waals surface area contributed by atoms with Crippen LogP contribution in [0.1, 0.15) is 39.3 Å². The molecule has 2 N–H and O–H groups in total. The molecule has 1 aromatic rings. The molecule has 5 heteroatoms. The van der Waals surface area contributed by atoms with Gasteiger partial charge in [-0.2, -0.15) is 0 Å². The molecule has 0 saturated carbocycles. The maximum atomic E-state index is 11.8. The number of pyridine rings is 1. The average Bonchev–Trinajstić information content (AvgIpc) is 2.35. The predicted octanol–water partition coefficient (Wildman–Crippen LogP) is 2.29. The first-order chi connectivity index (χ1) is 9.40. The molecule has 1 heterocycles. The summed E-state index contributed by atoms with van der Waals surface area (Å²) < 4.78 is 5.25. The van der Waals surface area contributed by atoms with Crippen LogP contribution >= 0.6 is 0 Å². The van der Waals surface area contributed by atoms with Crippen molar-refractivity contribution in [3.63, 3.8) is 0 Å². The molecule has 1 amide bonds. The molecule has 0 spiro atoms. The number of nitrogens with zero attached hydrogens (tertiary/aromatic N) is 1. The fraction of sp³-hybridized carbons (Fsp3) is 0.600. The van der Waals surface area contributed by atoms with Crippen LogP contribution in [0.5, 0.6) is 0 Å². The third-order valence-electron chi connectivity index (χ3n) is 2.61. The van der Waals surface area contributed by atoms with Crippen molar-refractivity contribution in [2.75, 3.05) is 6.61 Å². The highest BCUT2D eigenvalue weighted by Gasteiger charge is 2.19. The summed E-state index contributed by atoms with van der Waals surface area (Å²) in [5, 5.41) is 11.8. The minimum atomic E-state index is -0.517. The number of amides is 1. The first-order valence-electron chi connectivity index (χ1n) is 6.91.